The van der Waals surface area contributed by atoms with Gasteiger partial charge in [0.2, 0.25) is 5.91 Å². The van der Waals surface area contributed by atoms with E-state index in [1.165, 1.54) is 11.8 Å². The Balaban J connectivity index is 1.46. The average Bonchev–Trinajstić information content (AvgIpc) is 3.37. The molecule has 0 fully saturated rings. The Labute approximate surface area is 172 Å². The van der Waals surface area contributed by atoms with Crippen LogP contribution in [0, 0.1) is 6.92 Å². The van der Waals surface area contributed by atoms with E-state index in [0.29, 0.717) is 16.9 Å². The number of carbonyl (C=O) groups is 1. The van der Waals surface area contributed by atoms with Gasteiger partial charge in [0.05, 0.1) is 17.1 Å². The summed E-state index contributed by atoms with van der Waals surface area (Å²) in [4.78, 5) is 12.8. The molecule has 0 radical (unpaired) electrons. The number of hydrogen-bond acceptors (Lipinski definition) is 6. The number of rotatable bonds is 6. The number of furan rings is 1. The van der Waals surface area contributed by atoms with Gasteiger partial charge in [-0.1, -0.05) is 60.3 Å². The quantitative estimate of drug-likeness (QED) is 0.431. The van der Waals surface area contributed by atoms with Gasteiger partial charge in [-0.05, 0) is 31.5 Å². The highest BCUT2D eigenvalue weighted by Crippen LogP contribution is 2.31. The first kappa shape index (κ1) is 19.0. The number of thioether (sulfide) groups is 1. The number of anilines is 1. The Bertz CT molecular complexity index is 1120. The van der Waals surface area contributed by atoms with Crippen molar-refractivity contribution in [1.29, 1.82) is 0 Å². The number of carbonyl (C=O) groups excluding carboxylic acids is 1. The zero-order valence-corrected chi connectivity index (χ0v) is 16.8. The fourth-order valence-electron chi connectivity index (χ4n) is 2.87. The summed E-state index contributed by atoms with van der Waals surface area (Å²) in [5, 5.41) is 11.0. The molecule has 4 rings (SSSR count). The number of nitrogens with zero attached hydrogens (tertiary/aromatic N) is 2. The fourth-order valence-corrected chi connectivity index (χ4v) is 3.56. The molecule has 6 nitrogen and oxygen atoms in total. The minimum atomic E-state index is -0.419. The molecule has 1 atom stereocenters. The van der Waals surface area contributed by atoms with Gasteiger partial charge in [-0.15, -0.1) is 10.2 Å². The number of benzene rings is 2. The molecular formula is C22H19N3O3S. The summed E-state index contributed by atoms with van der Waals surface area (Å²) in [6, 6.07) is 19.4. The number of aromatic nitrogens is 2. The number of para-hydroxylation sites is 1. The van der Waals surface area contributed by atoms with Gasteiger partial charge in [-0.2, -0.15) is 0 Å². The maximum Gasteiger partial charge on any atom is 0.277 e. The SMILES string of the molecule is Cc1occc1-c1nnc(S[C@@H](C)C(=O)Nc2ccccc2-c2ccccc2)o1. The highest BCUT2D eigenvalue weighted by molar-refractivity contribution is 8.00. The van der Waals surface area contributed by atoms with Crippen LogP contribution in [0.3, 0.4) is 0 Å². The minimum absolute atomic E-state index is 0.141. The van der Waals surface area contributed by atoms with Crippen LogP contribution in [0.15, 0.2) is 81.0 Å². The molecule has 2 aromatic carbocycles. The summed E-state index contributed by atoms with van der Waals surface area (Å²) in [6.45, 7) is 3.63. The molecule has 0 aliphatic heterocycles. The third-order valence-corrected chi connectivity index (χ3v) is 5.35. The monoisotopic (exact) mass is 405 g/mol. The Morgan fingerprint density at radius 2 is 1.76 bits per heavy atom. The Morgan fingerprint density at radius 3 is 2.52 bits per heavy atom. The van der Waals surface area contributed by atoms with Crippen molar-refractivity contribution in [2.75, 3.05) is 5.32 Å². The lowest BCUT2D eigenvalue weighted by molar-refractivity contribution is -0.115. The standard InChI is InChI=1S/C22H19N3O3S/c1-14-17(12-13-27-14)21-24-25-22(28-21)29-15(2)20(26)23-19-11-7-6-10-18(19)16-8-4-3-5-9-16/h3-13,15H,1-2H3,(H,23,26)/t15-/m0/s1. The lowest BCUT2D eigenvalue weighted by Gasteiger charge is -2.14. The predicted molar refractivity (Wildman–Crippen MR) is 113 cm³/mol. The lowest BCUT2D eigenvalue weighted by Crippen LogP contribution is -2.22. The Hall–Kier alpha value is -3.32. The summed E-state index contributed by atoms with van der Waals surface area (Å²) in [5.41, 5.74) is 3.52. The topological polar surface area (TPSA) is 81.2 Å². The molecule has 146 valence electrons. The van der Waals surface area contributed by atoms with Crippen LogP contribution in [0.2, 0.25) is 0 Å². The van der Waals surface area contributed by atoms with E-state index in [0.717, 1.165) is 22.4 Å². The molecule has 0 unspecified atom stereocenters. The summed E-state index contributed by atoms with van der Waals surface area (Å²) in [6.07, 6.45) is 1.57. The van der Waals surface area contributed by atoms with Crippen molar-refractivity contribution >= 4 is 23.4 Å². The van der Waals surface area contributed by atoms with Crippen LogP contribution < -0.4 is 5.32 Å². The molecule has 29 heavy (non-hydrogen) atoms. The average molecular weight is 405 g/mol. The van der Waals surface area contributed by atoms with Crippen molar-refractivity contribution in [3.8, 4) is 22.6 Å². The van der Waals surface area contributed by atoms with Crippen molar-refractivity contribution < 1.29 is 13.6 Å². The molecule has 0 saturated heterocycles. The molecule has 0 aliphatic carbocycles. The van der Waals surface area contributed by atoms with Crippen molar-refractivity contribution in [2.45, 2.75) is 24.3 Å². The predicted octanol–water partition coefficient (Wildman–Crippen LogP) is 5.42. The number of aryl methyl sites for hydroxylation is 1. The molecule has 2 aromatic heterocycles. The molecule has 0 saturated carbocycles. The maximum absolute atomic E-state index is 12.8. The molecule has 0 aliphatic rings. The van der Waals surface area contributed by atoms with Crippen LogP contribution in [0.25, 0.3) is 22.6 Å². The van der Waals surface area contributed by atoms with Gasteiger partial charge in [0.25, 0.3) is 11.1 Å². The first-order chi connectivity index (χ1) is 14.1. The summed E-state index contributed by atoms with van der Waals surface area (Å²) >= 11 is 1.21. The van der Waals surface area contributed by atoms with Gasteiger partial charge >= 0.3 is 0 Å². The second-order valence-corrected chi connectivity index (χ2v) is 7.72. The van der Waals surface area contributed by atoms with Crippen molar-refractivity contribution in [1.82, 2.24) is 10.2 Å². The molecule has 1 amide bonds. The highest BCUT2D eigenvalue weighted by Gasteiger charge is 2.20. The molecule has 0 spiro atoms. The number of hydrogen-bond donors (Lipinski definition) is 1. The van der Waals surface area contributed by atoms with Gasteiger partial charge in [0, 0.05) is 11.3 Å². The fraction of sp³-hybridized carbons (Fsp3) is 0.136. The van der Waals surface area contributed by atoms with Gasteiger partial charge < -0.3 is 14.2 Å². The highest BCUT2D eigenvalue weighted by atomic mass is 32.2. The number of nitrogens with one attached hydrogen (secondary N) is 1. The smallest absolute Gasteiger partial charge is 0.277 e. The van der Waals surface area contributed by atoms with E-state index in [1.54, 1.807) is 19.3 Å². The summed E-state index contributed by atoms with van der Waals surface area (Å²) < 4.78 is 10.9. The van der Waals surface area contributed by atoms with E-state index in [4.69, 9.17) is 8.83 Å². The zero-order valence-electron chi connectivity index (χ0n) is 16.0. The van der Waals surface area contributed by atoms with Crippen molar-refractivity contribution in [2.24, 2.45) is 0 Å². The molecular weight excluding hydrogens is 386 g/mol. The lowest BCUT2D eigenvalue weighted by atomic mass is 10.0. The van der Waals surface area contributed by atoms with Crippen LogP contribution >= 0.6 is 11.8 Å². The van der Waals surface area contributed by atoms with Crippen LogP contribution in [-0.4, -0.2) is 21.4 Å². The van der Waals surface area contributed by atoms with Gasteiger partial charge in [0.1, 0.15) is 5.76 Å². The minimum Gasteiger partial charge on any atom is -0.469 e. The van der Waals surface area contributed by atoms with Crippen LogP contribution in [-0.2, 0) is 4.79 Å². The van der Waals surface area contributed by atoms with Gasteiger partial charge in [0.15, 0.2) is 0 Å². The molecule has 1 N–H and O–H groups in total. The van der Waals surface area contributed by atoms with Gasteiger partial charge in [-0.3, -0.25) is 4.79 Å². The summed E-state index contributed by atoms with van der Waals surface area (Å²) in [7, 11) is 0. The van der Waals surface area contributed by atoms with E-state index in [1.807, 2.05) is 61.5 Å². The van der Waals surface area contributed by atoms with E-state index in [2.05, 4.69) is 15.5 Å². The van der Waals surface area contributed by atoms with E-state index in [-0.39, 0.29) is 5.91 Å². The normalized spacial score (nSPS) is 11.9. The third kappa shape index (κ3) is 4.25. The first-order valence-corrected chi connectivity index (χ1v) is 9.99. The Kier molecular flexibility index (Phi) is 5.48. The van der Waals surface area contributed by atoms with Crippen molar-refractivity contribution in [3.05, 3.63) is 72.7 Å². The zero-order chi connectivity index (χ0) is 20.2. The van der Waals surface area contributed by atoms with E-state index < -0.39 is 5.25 Å². The Morgan fingerprint density at radius 1 is 1.00 bits per heavy atom. The van der Waals surface area contributed by atoms with Crippen LogP contribution in [0.4, 0.5) is 5.69 Å². The molecule has 0 bridgehead atoms. The maximum atomic E-state index is 12.8. The van der Waals surface area contributed by atoms with Gasteiger partial charge in [-0.25, -0.2) is 0 Å². The van der Waals surface area contributed by atoms with Crippen molar-refractivity contribution in [3.63, 3.8) is 0 Å². The largest absolute Gasteiger partial charge is 0.469 e. The summed E-state index contributed by atoms with van der Waals surface area (Å²) in [5.74, 6) is 0.937. The van der Waals surface area contributed by atoms with Crippen LogP contribution in [0.1, 0.15) is 12.7 Å². The molecule has 4 aromatic rings. The second kappa shape index (κ2) is 8.36. The molecule has 2 heterocycles. The molecule has 7 heteroatoms. The third-order valence-electron chi connectivity index (χ3n) is 4.41. The number of amides is 1. The second-order valence-electron chi connectivity index (χ2n) is 6.42. The van der Waals surface area contributed by atoms with Crippen LogP contribution in [0.5, 0.6) is 0 Å². The first-order valence-electron chi connectivity index (χ1n) is 9.12. The van der Waals surface area contributed by atoms with E-state index >= 15 is 0 Å². The van der Waals surface area contributed by atoms with E-state index in [9.17, 15) is 4.79 Å².